The number of aromatic nitrogens is 3. The average molecular weight is 395 g/mol. The summed E-state index contributed by atoms with van der Waals surface area (Å²) in [5, 5.41) is 6.78. The van der Waals surface area contributed by atoms with Gasteiger partial charge in [0.2, 0.25) is 0 Å². The van der Waals surface area contributed by atoms with Crippen molar-refractivity contribution in [1.29, 1.82) is 0 Å². The molecule has 1 aliphatic rings. The molecule has 1 aliphatic heterocycles. The van der Waals surface area contributed by atoms with Crippen LogP contribution in [0.2, 0.25) is 0 Å². The number of anilines is 1. The first-order valence-electron chi connectivity index (χ1n) is 9.90. The molecule has 8 heteroatoms. The van der Waals surface area contributed by atoms with Gasteiger partial charge in [-0.25, -0.2) is 14.4 Å². The van der Waals surface area contributed by atoms with Gasteiger partial charge in [0, 0.05) is 57.7 Å². The lowest BCUT2D eigenvalue weighted by Gasteiger charge is -2.19. The Morgan fingerprint density at radius 2 is 2.24 bits per heavy atom. The molecule has 1 fully saturated rings. The van der Waals surface area contributed by atoms with Crippen molar-refractivity contribution in [2.75, 3.05) is 31.6 Å². The Labute approximate surface area is 169 Å². The smallest absolute Gasteiger partial charge is 0.191 e. The van der Waals surface area contributed by atoms with Crippen LogP contribution in [0.3, 0.4) is 0 Å². The molecule has 3 aromatic heterocycles. The molecule has 0 aromatic carbocycles. The minimum absolute atomic E-state index is 0.195. The second kappa shape index (κ2) is 8.46. The summed E-state index contributed by atoms with van der Waals surface area (Å²) in [6, 6.07) is 7.35. The number of pyridine rings is 2. The number of hydrogen-bond acceptors (Lipinski definition) is 4. The molecule has 0 aliphatic carbocycles. The summed E-state index contributed by atoms with van der Waals surface area (Å²) < 4.78 is 16.0. The van der Waals surface area contributed by atoms with Crippen LogP contribution in [-0.2, 0) is 6.42 Å². The second-order valence-electron chi connectivity index (χ2n) is 7.29. The number of nitrogens with zero attached hydrogens (tertiary/aromatic N) is 5. The van der Waals surface area contributed by atoms with Crippen molar-refractivity contribution in [1.82, 2.24) is 25.0 Å². The fourth-order valence-electron chi connectivity index (χ4n) is 3.70. The summed E-state index contributed by atoms with van der Waals surface area (Å²) in [7, 11) is 1.76. The topological polar surface area (TPSA) is 69.8 Å². The normalized spacial score (nSPS) is 17.1. The van der Waals surface area contributed by atoms with Crippen LogP contribution in [0.5, 0.6) is 0 Å². The second-order valence-corrected chi connectivity index (χ2v) is 7.29. The first-order chi connectivity index (χ1) is 14.1. The van der Waals surface area contributed by atoms with Crippen molar-refractivity contribution in [3.8, 4) is 0 Å². The molecule has 1 saturated heterocycles. The highest BCUT2D eigenvalue weighted by atomic mass is 19.1. The molecule has 0 amide bonds. The maximum absolute atomic E-state index is 14.0. The average Bonchev–Trinajstić information content (AvgIpc) is 3.35. The first-order valence-corrected chi connectivity index (χ1v) is 9.90. The van der Waals surface area contributed by atoms with Crippen LogP contribution >= 0.6 is 0 Å². The number of halogens is 1. The van der Waals surface area contributed by atoms with Crippen LogP contribution < -0.4 is 15.5 Å². The zero-order chi connectivity index (χ0) is 20.2. The van der Waals surface area contributed by atoms with Gasteiger partial charge in [0.05, 0.1) is 5.69 Å². The molecule has 1 unspecified atom stereocenters. The number of hydrogen-bond donors (Lipinski definition) is 2. The highest BCUT2D eigenvalue weighted by Gasteiger charge is 2.25. The molecular formula is C21H26FN7. The lowest BCUT2D eigenvalue weighted by molar-refractivity contribution is 0.612. The van der Waals surface area contributed by atoms with Gasteiger partial charge in [-0.2, -0.15) is 0 Å². The number of guanidine groups is 1. The first kappa shape index (κ1) is 19.2. The number of aliphatic imine (C=N–C) groups is 1. The Bertz CT molecular complexity index is 1010. The Morgan fingerprint density at radius 1 is 1.34 bits per heavy atom. The van der Waals surface area contributed by atoms with E-state index in [4.69, 9.17) is 4.98 Å². The van der Waals surface area contributed by atoms with Crippen LogP contribution in [-0.4, -0.2) is 53.1 Å². The van der Waals surface area contributed by atoms with E-state index in [0.717, 1.165) is 43.2 Å². The van der Waals surface area contributed by atoms with Crippen molar-refractivity contribution in [3.63, 3.8) is 0 Å². The Hall–Kier alpha value is -3.16. The van der Waals surface area contributed by atoms with Gasteiger partial charge in [-0.3, -0.25) is 4.99 Å². The molecule has 0 radical (unpaired) electrons. The molecule has 0 spiro atoms. The number of aryl methyl sites for hydroxylation is 1. The van der Waals surface area contributed by atoms with Gasteiger partial charge in [-0.15, -0.1) is 0 Å². The number of rotatable bonds is 5. The molecule has 152 valence electrons. The maximum atomic E-state index is 14.0. The minimum Gasteiger partial charge on any atom is -0.356 e. The van der Waals surface area contributed by atoms with E-state index in [0.29, 0.717) is 12.4 Å². The third kappa shape index (κ3) is 4.31. The standard InChI is InChI=1S/C21H26FN7/c1-15-5-4-11-28-13-16(26-19(15)28)7-10-25-21(23-2)27-17-8-12-29(14-17)20-18(22)6-3-9-24-20/h3-6,9,11,13,17H,7-8,10,12,14H2,1-2H3,(H2,23,25,27). The lowest BCUT2D eigenvalue weighted by atomic mass is 10.3. The van der Waals surface area contributed by atoms with Crippen LogP contribution in [0.1, 0.15) is 17.7 Å². The maximum Gasteiger partial charge on any atom is 0.191 e. The molecule has 0 saturated carbocycles. The van der Waals surface area contributed by atoms with Gasteiger partial charge in [-0.1, -0.05) is 6.07 Å². The zero-order valence-corrected chi connectivity index (χ0v) is 16.8. The van der Waals surface area contributed by atoms with Crippen molar-refractivity contribution in [3.05, 3.63) is 59.9 Å². The highest BCUT2D eigenvalue weighted by molar-refractivity contribution is 5.80. The zero-order valence-electron chi connectivity index (χ0n) is 16.8. The summed E-state index contributed by atoms with van der Waals surface area (Å²) >= 11 is 0. The van der Waals surface area contributed by atoms with E-state index in [2.05, 4.69) is 44.2 Å². The summed E-state index contributed by atoms with van der Waals surface area (Å²) in [6.07, 6.45) is 7.42. The molecule has 1 atom stereocenters. The van der Waals surface area contributed by atoms with E-state index in [1.165, 1.54) is 11.6 Å². The molecule has 2 N–H and O–H groups in total. The SMILES string of the molecule is CN=C(NCCc1cn2cccc(C)c2n1)NC1CCN(c2ncccc2F)C1. The number of nitrogens with one attached hydrogen (secondary N) is 2. The summed E-state index contributed by atoms with van der Waals surface area (Å²) in [6.45, 7) is 4.26. The van der Waals surface area contributed by atoms with E-state index in [1.807, 2.05) is 17.2 Å². The number of imidazole rings is 1. The van der Waals surface area contributed by atoms with Crippen molar-refractivity contribution in [2.45, 2.75) is 25.8 Å². The fraction of sp³-hybridized carbons (Fsp3) is 0.381. The summed E-state index contributed by atoms with van der Waals surface area (Å²) in [5.41, 5.74) is 3.21. The van der Waals surface area contributed by atoms with E-state index in [9.17, 15) is 4.39 Å². The van der Waals surface area contributed by atoms with Gasteiger partial charge >= 0.3 is 0 Å². The lowest BCUT2D eigenvalue weighted by Crippen LogP contribution is -2.45. The van der Waals surface area contributed by atoms with Crippen molar-refractivity contribution >= 4 is 17.4 Å². The van der Waals surface area contributed by atoms with Gasteiger partial charge in [0.1, 0.15) is 5.65 Å². The summed E-state index contributed by atoms with van der Waals surface area (Å²) in [4.78, 5) is 15.2. The highest BCUT2D eigenvalue weighted by Crippen LogP contribution is 2.20. The molecule has 0 bridgehead atoms. The van der Waals surface area contributed by atoms with Crippen LogP contribution in [0, 0.1) is 12.7 Å². The third-order valence-corrected chi connectivity index (χ3v) is 5.19. The van der Waals surface area contributed by atoms with E-state index >= 15 is 0 Å². The molecule has 7 nitrogen and oxygen atoms in total. The molecule has 29 heavy (non-hydrogen) atoms. The van der Waals surface area contributed by atoms with Crippen LogP contribution in [0.4, 0.5) is 10.2 Å². The monoisotopic (exact) mass is 395 g/mol. The fourth-order valence-corrected chi connectivity index (χ4v) is 3.70. The van der Waals surface area contributed by atoms with E-state index in [-0.39, 0.29) is 11.9 Å². The van der Waals surface area contributed by atoms with Crippen molar-refractivity contribution in [2.24, 2.45) is 4.99 Å². The molecule has 4 rings (SSSR count). The largest absolute Gasteiger partial charge is 0.356 e. The van der Waals surface area contributed by atoms with E-state index < -0.39 is 0 Å². The Balaban J connectivity index is 1.29. The Kier molecular flexibility index (Phi) is 5.59. The van der Waals surface area contributed by atoms with Gasteiger partial charge in [0.25, 0.3) is 0 Å². The van der Waals surface area contributed by atoms with Gasteiger partial charge in [-0.05, 0) is 37.1 Å². The van der Waals surface area contributed by atoms with Crippen molar-refractivity contribution < 1.29 is 4.39 Å². The Morgan fingerprint density at radius 3 is 3.03 bits per heavy atom. The molecular weight excluding hydrogens is 369 g/mol. The minimum atomic E-state index is -0.279. The van der Waals surface area contributed by atoms with Crippen LogP contribution in [0.15, 0.2) is 47.8 Å². The third-order valence-electron chi connectivity index (χ3n) is 5.19. The van der Waals surface area contributed by atoms with Gasteiger partial charge in [0.15, 0.2) is 17.6 Å². The number of fused-ring (bicyclic) bond motifs is 1. The quantitative estimate of drug-likeness (QED) is 0.512. The molecule has 3 aromatic rings. The predicted octanol–water partition coefficient (Wildman–Crippen LogP) is 2.16. The molecule has 4 heterocycles. The van der Waals surface area contributed by atoms with Gasteiger partial charge < -0.3 is 19.9 Å². The van der Waals surface area contributed by atoms with Crippen LogP contribution in [0.25, 0.3) is 5.65 Å². The summed E-state index contributed by atoms with van der Waals surface area (Å²) in [5.74, 6) is 0.888. The predicted molar refractivity (Wildman–Crippen MR) is 113 cm³/mol. The van der Waals surface area contributed by atoms with E-state index in [1.54, 1.807) is 19.3 Å².